The van der Waals surface area contributed by atoms with Crippen LogP contribution in [-0.4, -0.2) is 23.2 Å². The van der Waals surface area contributed by atoms with Crippen molar-refractivity contribution in [3.05, 3.63) is 46.1 Å². The molecule has 25 heavy (non-hydrogen) atoms. The van der Waals surface area contributed by atoms with Crippen molar-refractivity contribution < 1.29 is 13.9 Å². The predicted molar refractivity (Wildman–Crippen MR) is 97.3 cm³/mol. The van der Waals surface area contributed by atoms with E-state index < -0.39 is 0 Å². The van der Waals surface area contributed by atoms with Gasteiger partial charge >= 0.3 is 0 Å². The number of nitrogens with one attached hydrogen (secondary N) is 1. The number of anilines is 1. The van der Waals surface area contributed by atoms with E-state index in [1.807, 2.05) is 24.4 Å². The molecule has 3 aromatic rings. The lowest BCUT2D eigenvalue weighted by molar-refractivity contribution is -0.116. The Morgan fingerprint density at radius 2 is 2.24 bits per heavy atom. The molecular formula is C17H16ClN3O3S. The van der Waals surface area contributed by atoms with Gasteiger partial charge in [-0.2, -0.15) is 0 Å². The summed E-state index contributed by atoms with van der Waals surface area (Å²) < 4.78 is 10.8. The monoisotopic (exact) mass is 377 g/mol. The van der Waals surface area contributed by atoms with Crippen molar-refractivity contribution in [3.8, 4) is 16.5 Å². The number of methoxy groups -OCH3 is 1. The highest BCUT2D eigenvalue weighted by molar-refractivity contribution is 7.13. The molecule has 0 bridgehead atoms. The molecule has 1 amide bonds. The summed E-state index contributed by atoms with van der Waals surface area (Å²) in [6, 6.07) is 7.28. The molecule has 6 nitrogen and oxygen atoms in total. The van der Waals surface area contributed by atoms with Crippen LogP contribution in [0.2, 0.25) is 5.02 Å². The SMILES string of the molecule is COc1cc(Cl)c(C)cc1NC(=O)CCc1nnc(-c2cccs2)o1. The fourth-order valence-corrected chi connectivity index (χ4v) is 3.02. The molecule has 2 aromatic heterocycles. The molecule has 0 atom stereocenters. The minimum Gasteiger partial charge on any atom is -0.495 e. The van der Waals surface area contributed by atoms with Gasteiger partial charge in [0.05, 0.1) is 17.7 Å². The average Bonchev–Trinajstić information content (AvgIpc) is 3.27. The van der Waals surface area contributed by atoms with E-state index in [9.17, 15) is 4.79 Å². The van der Waals surface area contributed by atoms with Gasteiger partial charge in [-0.05, 0) is 30.0 Å². The number of nitrogens with zero attached hydrogens (tertiary/aromatic N) is 2. The third-order valence-electron chi connectivity index (χ3n) is 3.52. The normalized spacial score (nSPS) is 10.7. The maximum atomic E-state index is 12.2. The number of carbonyl (C=O) groups is 1. The maximum Gasteiger partial charge on any atom is 0.257 e. The van der Waals surface area contributed by atoms with Crippen LogP contribution in [0.1, 0.15) is 17.9 Å². The van der Waals surface area contributed by atoms with Gasteiger partial charge in [-0.3, -0.25) is 4.79 Å². The number of rotatable bonds is 6. The number of halogens is 1. The van der Waals surface area contributed by atoms with E-state index in [-0.39, 0.29) is 12.3 Å². The summed E-state index contributed by atoms with van der Waals surface area (Å²) in [5.74, 6) is 1.25. The van der Waals surface area contributed by atoms with Gasteiger partial charge in [-0.15, -0.1) is 21.5 Å². The summed E-state index contributed by atoms with van der Waals surface area (Å²) in [4.78, 5) is 13.1. The standard InChI is InChI=1S/C17H16ClN3O3S/c1-10-8-12(13(23-2)9-11(10)18)19-15(22)5-6-16-20-21-17(24-16)14-4-3-7-25-14/h3-4,7-9H,5-6H2,1-2H3,(H,19,22). The van der Waals surface area contributed by atoms with Crippen molar-refractivity contribution in [1.29, 1.82) is 0 Å². The lowest BCUT2D eigenvalue weighted by Crippen LogP contribution is -2.13. The number of thiophene rings is 1. The van der Waals surface area contributed by atoms with Crippen molar-refractivity contribution in [2.75, 3.05) is 12.4 Å². The molecule has 3 rings (SSSR count). The van der Waals surface area contributed by atoms with Gasteiger partial charge in [0.2, 0.25) is 11.8 Å². The number of aryl methyl sites for hydroxylation is 2. The first-order valence-electron chi connectivity index (χ1n) is 7.57. The van der Waals surface area contributed by atoms with Gasteiger partial charge in [-0.1, -0.05) is 17.7 Å². The lowest BCUT2D eigenvalue weighted by atomic mass is 10.2. The Kier molecular flexibility index (Phi) is 5.35. The molecule has 0 aliphatic heterocycles. The van der Waals surface area contributed by atoms with Crippen LogP contribution in [-0.2, 0) is 11.2 Å². The highest BCUT2D eigenvalue weighted by Crippen LogP contribution is 2.31. The predicted octanol–water partition coefficient (Wildman–Crippen LogP) is 4.34. The van der Waals surface area contributed by atoms with Gasteiger partial charge < -0.3 is 14.5 Å². The number of amides is 1. The van der Waals surface area contributed by atoms with Gasteiger partial charge in [-0.25, -0.2) is 0 Å². The first kappa shape index (κ1) is 17.4. The molecule has 0 saturated carbocycles. The minimum atomic E-state index is -0.170. The van der Waals surface area contributed by atoms with E-state index in [1.54, 1.807) is 12.1 Å². The van der Waals surface area contributed by atoms with E-state index in [1.165, 1.54) is 18.4 Å². The molecule has 1 N–H and O–H groups in total. The van der Waals surface area contributed by atoms with Crippen LogP contribution in [0.15, 0.2) is 34.1 Å². The molecule has 0 radical (unpaired) electrons. The number of hydrogen-bond acceptors (Lipinski definition) is 6. The Bertz CT molecular complexity index is 877. The van der Waals surface area contributed by atoms with Crippen LogP contribution in [0, 0.1) is 6.92 Å². The van der Waals surface area contributed by atoms with Crippen LogP contribution < -0.4 is 10.1 Å². The largest absolute Gasteiger partial charge is 0.495 e. The number of carbonyl (C=O) groups excluding carboxylic acids is 1. The summed E-state index contributed by atoms with van der Waals surface area (Å²) in [7, 11) is 1.53. The molecule has 1 aromatic carbocycles. The molecule has 0 aliphatic carbocycles. The van der Waals surface area contributed by atoms with Gasteiger partial charge in [0.15, 0.2) is 0 Å². The van der Waals surface area contributed by atoms with Gasteiger partial charge in [0, 0.05) is 23.9 Å². The Hall–Kier alpha value is -2.38. The first-order chi connectivity index (χ1) is 12.1. The van der Waals surface area contributed by atoms with Crippen LogP contribution in [0.3, 0.4) is 0 Å². The quantitative estimate of drug-likeness (QED) is 0.691. The molecule has 8 heteroatoms. The maximum absolute atomic E-state index is 12.2. The highest BCUT2D eigenvalue weighted by Gasteiger charge is 2.13. The fourth-order valence-electron chi connectivity index (χ4n) is 2.22. The Morgan fingerprint density at radius 1 is 1.40 bits per heavy atom. The Morgan fingerprint density at radius 3 is 2.96 bits per heavy atom. The van der Waals surface area contributed by atoms with E-state index in [4.69, 9.17) is 20.8 Å². The smallest absolute Gasteiger partial charge is 0.257 e. The van der Waals surface area contributed by atoms with Crippen LogP contribution in [0.5, 0.6) is 5.75 Å². The van der Waals surface area contributed by atoms with Crippen LogP contribution in [0.25, 0.3) is 10.8 Å². The topological polar surface area (TPSA) is 77.2 Å². The van der Waals surface area contributed by atoms with Crippen molar-refractivity contribution >= 4 is 34.5 Å². The average molecular weight is 378 g/mol. The molecular weight excluding hydrogens is 362 g/mol. The molecule has 0 saturated heterocycles. The van der Waals surface area contributed by atoms with Gasteiger partial charge in [0.25, 0.3) is 5.89 Å². The second-order valence-corrected chi connectivity index (χ2v) is 6.68. The first-order valence-corrected chi connectivity index (χ1v) is 8.83. The Labute approximate surface area is 153 Å². The zero-order chi connectivity index (χ0) is 17.8. The molecule has 130 valence electrons. The summed E-state index contributed by atoms with van der Waals surface area (Å²) in [6.07, 6.45) is 0.579. The zero-order valence-electron chi connectivity index (χ0n) is 13.7. The number of ether oxygens (including phenoxy) is 1. The van der Waals surface area contributed by atoms with Crippen LogP contribution >= 0.6 is 22.9 Å². The van der Waals surface area contributed by atoms with Crippen molar-refractivity contribution in [3.63, 3.8) is 0 Å². The van der Waals surface area contributed by atoms with Crippen molar-refractivity contribution in [1.82, 2.24) is 10.2 Å². The second-order valence-electron chi connectivity index (χ2n) is 5.33. The molecule has 0 unspecified atom stereocenters. The molecule has 2 heterocycles. The van der Waals surface area contributed by atoms with E-state index in [0.29, 0.717) is 34.7 Å². The van der Waals surface area contributed by atoms with Crippen LogP contribution in [0.4, 0.5) is 5.69 Å². The summed E-state index contributed by atoms with van der Waals surface area (Å²) in [6.45, 7) is 1.86. The van der Waals surface area contributed by atoms with Gasteiger partial charge in [0.1, 0.15) is 5.75 Å². The van der Waals surface area contributed by atoms with E-state index >= 15 is 0 Å². The lowest BCUT2D eigenvalue weighted by Gasteiger charge is -2.12. The summed E-state index contributed by atoms with van der Waals surface area (Å²) in [5.41, 5.74) is 1.44. The minimum absolute atomic E-state index is 0.170. The molecule has 0 spiro atoms. The fraction of sp³-hybridized carbons (Fsp3) is 0.235. The number of hydrogen-bond donors (Lipinski definition) is 1. The highest BCUT2D eigenvalue weighted by atomic mass is 35.5. The number of aromatic nitrogens is 2. The second kappa shape index (κ2) is 7.67. The van der Waals surface area contributed by atoms with Crippen molar-refractivity contribution in [2.24, 2.45) is 0 Å². The molecule has 0 aliphatic rings. The number of benzene rings is 1. The third kappa shape index (κ3) is 4.18. The summed E-state index contributed by atoms with van der Waals surface area (Å²) in [5, 5.41) is 13.3. The molecule has 0 fully saturated rings. The van der Waals surface area contributed by atoms with E-state index in [0.717, 1.165) is 10.4 Å². The van der Waals surface area contributed by atoms with E-state index in [2.05, 4.69) is 15.5 Å². The third-order valence-corrected chi connectivity index (χ3v) is 4.78. The summed E-state index contributed by atoms with van der Waals surface area (Å²) >= 11 is 7.59. The van der Waals surface area contributed by atoms with Crippen molar-refractivity contribution in [2.45, 2.75) is 19.8 Å². The zero-order valence-corrected chi connectivity index (χ0v) is 15.3. The Balaban J connectivity index is 1.61.